The van der Waals surface area contributed by atoms with Crippen molar-refractivity contribution >= 4 is 17.2 Å². The molecule has 2 aromatic rings. The van der Waals surface area contributed by atoms with Crippen LogP contribution in [0.4, 0.5) is 11.5 Å². The lowest BCUT2D eigenvalue weighted by Crippen LogP contribution is -2.37. The monoisotopic (exact) mass is 410 g/mol. The molecule has 1 unspecified atom stereocenters. The Balaban J connectivity index is 1.75. The van der Waals surface area contributed by atoms with Crippen molar-refractivity contribution < 1.29 is 14.2 Å². The van der Waals surface area contributed by atoms with E-state index in [-0.39, 0.29) is 12.1 Å². The van der Waals surface area contributed by atoms with Crippen molar-refractivity contribution in [1.82, 2.24) is 4.98 Å². The summed E-state index contributed by atoms with van der Waals surface area (Å²) in [6, 6.07) is 10.3. The minimum absolute atomic E-state index is 0.205. The van der Waals surface area contributed by atoms with Crippen molar-refractivity contribution in [3.63, 3.8) is 0 Å². The minimum atomic E-state index is 0.205. The molecule has 0 radical (unpaired) electrons. The van der Waals surface area contributed by atoms with E-state index in [4.69, 9.17) is 24.6 Å². The van der Waals surface area contributed by atoms with Crippen LogP contribution in [0.15, 0.2) is 30.3 Å². The molecule has 2 aliphatic heterocycles. The van der Waals surface area contributed by atoms with Gasteiger partial charge in [-0.2, -0.15) is 0 Å². The fourth-order valence-corrected chi connectivity index (χ4v) is 3.58. The SMILES string of the molecule is CC(=N)c1c(N2CCOCC2)cc(-c2cccc(OCC3CO3)c2)nc1NC(C)C. The molecule has 3 heterocycles. The van der Waals surface area contributed by atoms with Gasteiger partial charge in [0.05, 0.1) is 36.8 Å². The van der Waals surface area contributed by atoms with Crippen LogP contribution >= 0.6 is 0 Å². The summed E-state index contributed by atoms with van der Waals surface area (Å²) in [4.78, 5) is 7.21. The summed E-state index contributed by atoms with van der Waals surface area (Å²) >= 11 is 0. The summed E-state index contributed by atoms with van der Waals surface area (Å²) in [5, 5.41) is 11.9. The number of nitrogens with zero attached hydrogens (tertiary/aromatic N) is 2. The number of nitrogens with one attached hydrogen (secondary N) is 2. The van der Waals surface area contributed by atoms with E-state index in [2.05, 4.69) is 30.1 Å². The van der Waals surface area contributed by atoms with Gasteiger partial charge in [0, 0.05) is 30.4 Å². The predicted octanol–water partition coefficient (Wildman–Crippen LogP) is 3.57. The van der Waals surface area contributed by atoms with Crippen LogP contribution in [0.3, 0.4) is 0 Å². The Labute approximate surface area is 177 Å². The molecule has 0 spiro atoms. The van der Waals surface area contributed by atoms with Crippen LogP contribution in [0.25, 0.3) is 11.3 Å². The van der Waals surface area contributed by atoms with E-state index in [0.717, 1.165) is 53.8 Å². The van der Waals surface area contributed by atoms with Crippen molar-refractivity contribution in [2.75, 3.05) is 49.7 Å². The Hall–Kier alpha value is -2.64. The van der Waals surface area contributed by atoms with Gasteiger partial charge in [0.2, 0.25) is 0 Å². The predicted molar refractivity (Wildman–Crippen MR) is 119 cm³/mol. The number of rotatable bonds is 8. The van der Waals surface area contributed by atoms with Crippen LogP contribution in [0.5, 0.6) is 5.75 Å². The normalized spacial score (nSPS) is 18.4. The van der Waals surface area contributed by atoms with Gasteiger partial charge in [-0.1, -0.05) is 12.1 Å². The second-order valence-electron chi connectivity index (χ2n) is 8.07. The maximum atomic E-state index is 8.42. The molecule has 0 bridgehead atoms. The highest BCUT2D eigenvalue weighted by atomic mass is 16.6. The highest BCUT2D eigenvalue weighted by molar-refractivity contribution is 6.06. The number of pyridine rings is 1. The van der Waals surface area contributed by atoms with E-state index in [0.29, 0.717) is 25.5 Å². The molecule has 4 rings (SSSR count). The summed E-state index contributed by atoms with van der Waals surface area (Å²) in [5.74, 6) is 1.55. The van der Waals surface area contributed by atoms with Crippen molar-refractivity contribution in [2.45, 2.75) is 32.9 Å². The smallest absolute Gasteiger partial charge is 0.138 e. The maximum absolute atomic E-state index is 8.42. The van der Waals surface area contributed by atoms with Gasteiger partial charge in [0.1, 0.15) is 24.3 Å². The molecule has 7 heteroatoms. The highest BCUT2D eigenvalue weighted by Crippen LogP contribution is 2.34. The number of morpholine rings is 1. The van der Waals surface area contributed by atoms with Crippen LogP contribution in [-0.4, -0.2) is 62.4 Å². The molecule has 7 nitrogen and oxygen atoms in total. The molecule has 1 atom stereocenters. The maximum Gasteiger partial charge on any atom is 0.138 e. The van der Waals surface area contributed by atoms with Gasteiger partial charge in [-0.05, 0) is 39.0 Å². The second-order valence-corrected chi connectivity index (χ2v) is 8.07. The van der Waals surface area contributed by atoms with Crippen molar-refractivity contribution in [3.8, 4) is 17.0 Å². The summed E-state index contributed by atoms with van der Waals surface area (Å²) in [5.41, 5.74) is 4.22. The summed E-state index contributed by atoms with van der Waals surface area (Å²) in [6.07, 6.45) is 0.219. The lowest BCUT2D eigenvalue weighted by molar-refractivity contribution is 0.122. The molecule has 2 N–H and O–H groups in total. The third-order valence-electron chi connectivity index (χ3n) is 5.12. The van der Waals surface area contributed by atoms with E-state index >= 15 is 0 Å². The first-order valence-corrected chi connectivity index (χ1v) is 10.6. The fraction of sp³-hybridized carbons (Fsp3) is 0.478. The van der Waals surface area contributed by atoms with Crippen molar-refractivity contribution in [2.24, 2.45) is 0 Å². The number of epoxide rings is 1. The largest absolute Gasteiger partial charge is 0.491 e. The fourth-order valence-electron chi connectivity index (χ4n) is 3.58. The van der Waals surface area contributed by atoms with Gasteiger partial charge in [0.25, 0.3) is 0 Å². The topological polar surface area (TPSA) is 83.0 Å². The Morgan fingerprint density at radius 3 is 2.73 bits per heavy atom. The van der Waals surface area contributed by atoms with Crippen LogP contribution in [0.2, 0.25) is 0 Å². The Morgan fingerprint density at radius 1 is 1.30 bits per heavy atom. The van der Waals surface area contributed by atoms with Crippen molar-refractivity contribution in [1.29, 1.82) is 5.41 Å². The van der Waals surface area contributed by atoms with Crippen LogP contribution < -0.4 is 15.0 Å². The standard InChI is InChI=1S/C23H30N4O3/c1-15(2)25-23-22(16(3)24)21(27-7-9-28-10-8-27)12-20(26-23)17-5-4-6-18(11-17)29-13-19-14-30-19/h4-6,11-12,15,19,24H,7-10,13-14H2,1-3H3,(H,25,26). The molecular weight excluding hydrogens is 380 g/mol. The van der Waals surface area contributed by atoms with E-state index in [1.807, 2.05) is 31.2 Å². The Kier molecular flexibility index (Phi) is 6.20. The van der Waals surface area contributed by atoms with Gasteiger partial charge >= 0.3 is 0 Å². The van der Waals surface area contributed by atoms with E-state index in [9.17, 15) is 0 Å². The average molecular weight is 411 g/mol. The molecule has 2 fully saturated rings. The lowest BCUT2D eigenvalue weighted by atomic mass is 10.0. The highest BCUT2D eigenvalue weighted by Gasteiger charge is 2.24. The van der Waals surface area contributed by atoms with Gasteiger partial charge < -0.3 is 29.8 Å². The lowest BCUT2D eigenvalue weighted by Gasteiger charge is -2.32. The Morgan fingerprint density at radius 2 is 2.07 bits per heavy atom. The molecular formula is C23H30N4O3. The van der Waals surface area contributed by atoms with Crippen LogP contribution in [-0.2, 0) is 9.47 Å². The summed E-state index contributed by atoms with van der Waals surface area (Å²) in [6.45, 7) is 10.3. The van der Waals surface area contributed by atoms with Gasteiger partial charge in [-0.3, -0.25) is 0 Å². The molecule has 0 aliphatic carbocycles. The molecule has 160 valence electrons. The third kappa shape index (κ3) is 4.91. The van der Waals surface area contributed by atoms with Crippen LogP contribution in [0.1, 0.15) is 26.3 Å². The molecule has 2 aliphatic rings. The molecule has 2 saturated heterocycles. The van der Waals surface area contributed by atoms with Gasteiger partial charge in [0.15, 0.2) is 0 Å². The Bertz CT molecular complexity index is 905. The zero-order valence-electron chi connectivity index (χ0n) is 17.9. The second kappa shape index (κ2) is 9.02. The third-order valence-corrected chi connectivity index (χ3v) is 5.12. The average Bonchev–Trinajstić information content (AvgIpc) is 3.56. The first-order chi connectivity index (χ1) is 14.5. The quantitative estimate of drug-likeness (QED) is 0.511. The molecule has 1 aromatic carbocycles. The molecule has 1 aromatic heterocycles. The summed E-state index contributed by atoms with van der Waals surface area (Å²) < 4.78 is 16.6. The number of benzene rings is 1. The summed E-state index contributed by atoms with van der Waals surface area (Å²) in [7, 11) is 0. The van der Waals surface area contributed by atoms with E-state index < -0.39 is 0 Å². The van der Waals surface area contributed by atoms with E-state index in [1.54, 1.807) is 0 Å². The number of aromatic nitrogens is 1. The van der Waals surface area contributed by atoms with Gasteiger partial charge in [-0.25, -0.2) is 4.98 Å². The minimum Gasteiger partial charge on any atom is -0.491 e. The zero-order chi connectivity index (χ0) is 21.1. The number of hydrogen-bond donors (Lipinski definition) is 2. The molecule has 0 amide bonds. The first kappa shape index (κ1) is 20.6. The van der Waals surface area contributed by atoms with Crippen molar-refractivity contribution in [3.05, 3.63) is 35.9 Å². The zero-order valence-corrected chi connectivity index (χ0v) is 17.9. The number of ether oxygens (including phenoxy) is 3. The number of hydrogen-bond acceptors (Lipinski definition) is 7. The van der Waals surface area contributed by atoms with Crippen LogP contribution in [0, 0.1) is 5.41 Å². The number of anilines is 2. The first-order valence-electron chi connectivity index (χ1n) is 10.6. The molecule has 0 saturated carbocycles. The van der Waals surface area contributed by atoms with Gasteiger partial charge in [-0.15, -0.1) is 0 Å². The molecule has 30 heavy (non-hydrogen) atoms. The van der Waals surface area contributed by atoms with E-state index in [1.165, 1.54) is 0 Å².